The summed E-state index contributed by atoms with van der Waals surface area (Å²) in [7, 11) is 0. The minimum absolute atomic E-state index is 0.308. The van der Waals surface area contributed by atoms with Gasteiger partial charge in [-0.05, 0) is 26.7 Å². The van der Waals surface area contributed by atoms with E-state index in [0.29, 0.717) is 12.1 Å². The highest BCUT2D eigenvalue weighted by Gasteiger charge is 2.24. The van der Waals surface area contributed by atoms with Crippen LogP contribution >= 0.6 is 0 Å². The van der Waals surface area contributed by atoms with Crippen LogP contribution in [0.4, 0.5) is 5.95 Å². The first kappa shape index (κ1) is 11.5. The molecule has 1 fully saturated rings. The van der Waals surface area contributed by atoms with E-state index < -0.39 is 0 Å². The van der Waals surface area contributed by atoms with Gasteiger partial charge in [0.25, 0.3) is 0 Å². The molecule has 0 bridgehead atoms. The molecule has 1 aliphatic rings. The molecular formula is C12H22N4. The monoisotopic (exact) mass is 222 g/mol. The Bertz CT molecular complexity index is 356. The Kier molecular flexibility index (Phi) is 3.19. The second kappa shape index (κ2) is 4.45. The van der Waals surface area contributed by atoms with Crippen molar-refractivity contribution in [3.05, 3.63) is 11.9 Å². The van der Waals surface area contributed by atoms with Crippen LogP contribution in [0.1, 0.15) is 38.9 Å². The minimum Gasteiger partial charge on any atom is -0.341 e. The molecule has 1 atom stereocenters. The van der Waals surface area contributed by atoms with Crippen molar-refractivity contribution < 1.29 is 0 Å². The van der Waals surface area contributed by atoms with Crippen LogP contribution in [0.25, 0.3) is 0 Å². The van der Waals surface area contributed by atoms with Crippen LogP contribution in [0.15, 0.2) is 6.20 Å². The highest BCUT2D eigenvalue weighted by Crippen LogP contribution is 2.23. The highest BCUT2D eigenvalue weighted by atomic mass is 15.3. The summed E-state index contributed by atoms with van der Waals surface area (Å²) < 4.78 is 2.26. The predicted molar refractivity (Wildman–Crippen MR) is 66.8 cm³/mol. The minimum atomic E-state index is 0.308. The van der Waals surface area contributed by atoms with Gasteiger partial charge in [-0.1, -0.05) is 6.92 Å². The van der Waals surface area contributed by atoms with Gasteiger partial charge in [0.1, 0.15) is 0 Å². The Morgan fingerprint density at radius 1 is 1.56 bits per heavy atom. The number of hydrogen-bond acceptors (Lipinski definition) is 3. The molecule has 4 heteroatoms. The van der Waals surface area contributed by atoms with Crippen LogP contribution in [0, 0.1) is 0 Å². The number of anilines is 1. The smallest absolute Gasteiger partial charge is 0.206 e. The van der Waals surface area contributed by atoms with Crippen LogP contribution in [-0.2, 0) is 6.42 Å². The average Bonchev–Trinajstić information content (AvgIpc) is 2.82. The second-order valence-corrected chi connectivity index (χ2v) is 4.88. The van der Waals surface area contributed by atoms with Gasteiger partial charge in [-0.3, -0.25) is 0 Å². The fraction of sp³-hybridized carbons (Fsp3) is 0.750. The van der Waals surface area contributed by atoms with Gasteiger partial charge < -0.3 is 15.2 Å². The molecule has 1 aromatic rings. The van der Waals surface area contributed by atoms with E-state index >= 15 is 0 Å². The summed E-state index contributed by atoms with van der Waals surface area (Å²) in [5.74, 6) is 1.10. The standard InChI is InChI=1S/C12H22N4/c1-4-11-8-16(9(2)3)12(14-11)15-6-5-10(13)7-15/h8-10H,4-7,13H2,1-3H3. The number of imidazole rings is 1. The SMILES string of the molecule is CCc1cn(C(C)C)c(N2CCC(N)C2)n1. The molecule has 0 amide bonds. The molecule has 0 aliphatic carbocycles. The van der Waals surface area contributed by atoms with Crippen molar-refractivity contribution in [3.63, 3.8) is 0 Å². The van der Waals surface area contributed by atoms with Gasteiger partial charge in [0.2, 0.25) is 5.95 Å². The Morgan fingerprint density at radius 2 is 2.31 bits per heavy atom. The van der Waals surface area contributed by atoms with Crippen LogP contribution in [0.5, 0.6) is 0 Å². The van der Waals surface area contributed by atoms with Crippen molar-refractivity contribution in [3.8, 4) is 0 Å². The third kappa shape index (κ3) is 2.07. The lowest BCUT2D eigenvalue weighted by Crippen LogP contribution is -2.28. The van der Waals surface area contributed by atoms with Gasteiger partial charge in [-0.15, -0.1) is 0 Å². The van der Waals surface area contributed by atoms with E-state index in [4.69, 9.17) is 10.7 Å². The van der Waals surface area contributed by atoms with Gasteiger partial charge in [0.05, 0.1) is 5.69 Å². The first-order valence-electron chi connectivity index (χ1n) is 6.20. The molecule has 2 heterocycles. The molecule has 4 nitrogen and oxygen atoms in total. The average molecular weight is 222 g/mol. The molecule has 16 heavy (non-hydrogen) atoms. The van der Waals surface area contributed by atoms with E-state index in [1.54, 1.807) is 0 Å². The molecule has 1 aliphatic heterocycles. The van der Waals surface area contributed by atoms with Gasteiger partial charge in [0.15, 0.2) is 0 Å². The molecule has 1 aromatic heterocycles. The fourth-order valence-corrected chi connectivity index (χ4v) is 2.19. The summed E-state index contributed by atoms with van der Waals surface area (Å²) in [5, 5.41) is 0. The van der Waals surface area contributed by atoms with Crippen LogP contribution in [-0.4, -0.2) is 28.7 Å². The molecule has 2 rings (SSSR count). The Morgan fingerprint density at radius 3 is 2.81 bits per heavy atom. The van der Waals surface area contributed by atoms with Crippen LogP contribution in [0.2, 0.25) is 0 Å². The van der Waals surface area contributed by atoms with Gasteiger partial charge in [0, 0.05) is 31.4 Å². The van der Waals surface area contributed by atoms with Crippen molar-refractivity contribution in [1.82, 2.24) is 9.55 Å². The number of aryl methyl sites for hydroxylation is 1. The molecule has 1 unspecified atom stereocenters. The number of rotatable bonds is 3. The highest BCUT2D eigenvalue weighted by molar-refractivity contribution is 5.36. The zero-order valence-corrected chi connectivity index (χ0v) is 10.5. The molecule has 0 spiro atoms. The molecule has 1 saturated heterocycles. The number of aromatic nitrogens is 2. The summed E-state index contributed by atoms with van der Waals surface area (Å²) in [6.45, 7) is 8.51. The molecule has 90 valence electrons. The molecule has 0 aromatic carbocycles. The lowest BCUT2D eigenvalue weighted by Gasteiger charge is -2.20. The summed E-state index contributed by atoms with van der Waals surface area (Å²) in [5.41, 5.74) is 7.12. The molecule has 0 radical (unpaired) electrons. The lowest BCUT2D eigenvalue weighted by atomic mass is 10.3. The van der Waals surface area contributed by atoms with Crippen LogP contribution < -0.4 is 10.6 Å². The predicted octanol–water partition coefficient (Wildman–Crippen LogP) is 1.56. The quantitative estimate of drug-likeness (QED) is 0.844. The van der Waals surface area contributed by atoms with E-state index in [9.17, 15) is 0 Å². The summed E-state index contributed by atoms with van der Waals surface area (Å²) in [6.07, 6.45) is 4.24. The van der Waals surface area contributed by atoms with Crippen molar-refractivity contribution >= 4 is 5.95 Å². The van der Waals surface area contributed by atoms with Crippen molar-refractivity contribution in [2.45, 2.75) is 45.7 Å². The third-order valence-corrected chi connectivity index (χ3v) is 3.19. The van der Waals surface area contributed by atoms with Gasteiger partial charge in [-0.25, -0.2) is 4.98 Å². The Labute approximate surface area is 97.4 Å². The van der Waals surface area contributed by atoms with Crippen LogP contribution in [0.3, 0.4) is 0 Å². The zero-order valence-electron chi connectivity index (χ0n) is 10.5. The molecule has 0 saturated carbocycles. The number of hydrogen-bond donors (Lipinski definition) is 1. The Hall–Kier alpha value is -1.03. The van der Waals surface area contributed by atoms with Crippen molar-refractivity contribution in [1.29, 1.82) is 0 Å². The largest absolute Gasteiger partial charge is 0.341 e. The van der Waals surface area contributed by atoms with Crippen molar-refractivity contribution in [2.24, 2.45) is 5.73 Å². The zero-order chi connectivity index (χ0) is 11.7. The normalized spacial score (nSPS) is 21.1. The van der Waals surface area contributed by atoms with E-state index in [0.717, 1.165) is 31.9 Å². The fourth-order valence-electron chi connectivity index (χ4n) is 2.19. The number of nitrogens with two attached hydrogens (primary N) is 1. The van der Waals surface area contributed by atoms with E-state index in [1.807, 2.05) is 0 Å². The van der Waals surface area contributed by atoms with Gasteiger partial charge >= 0.3 is 0 Å². The number of nitrogens with zero attached hydrogens (tertiary/aromatic N) is 3. The van der Waals surface area contributed by atoms with E-state index in [-0.39, 0.29) is 0 Å². The lowest BCUT2D eigenvalue weighted by molar-refractivity contribution is 0.591. The topological polar surface area (TPSA) is 47.1 Å². The first-order valence-corrected chi connectivity index (χ1v) is 6.20. The summed E-state index contributed by atoms with van der Waals surface area (Å²) >= 11 is 0. The molecule has 2 N–H and O–H groups in total. The Balaban J connectivity index is 2.27. The molecular weight excluding hydrogens is 200 g/mol. The summed E-state index contributed by atoms with van der Waals surface area (Å²) in [4.78, 5) is 7.01. The maximum atomic E-state index is 5.95. The third-order valence-electron chi connectivity index (χ3n) is 3.19. The van der Waals surface area contributed by atoms with Crippen molar-refractivity contribution in [2.75, 3.05) is 18.0 Å². The van der Waals surface area contributed by atoms with E-state index in [2.05, 4.69) is 36.4 Å². The second-order valence-electron chi connectivity index (χ2n) is 4.88. The summed E-state index contributed by atoms with van der Waals surface area (Å²) in [6, 6.07) is 0.766. The maximum absolute atomic E-state index is 5.95. The van der Waals surface area contributed by atoms with E-state index in [1.165, 1.54) is 5.69 Å². The van der Waals surface area contributed by atoms with Gasteiger partial charge in [-0.2, -0.15) is 0 Å². The first-order chi connectivity index (χ1) is 7.61. The maximum Gasteiger partial charge on any atom is 0.206 e.